The highest BCUT2D eigenvalue weighted by Crippen LogP contribution is 2.37. The normalized spacial score (nSPS) is 17.4. The van der Waals surface area contributed by atoms with Crippen molar-refractivity contribution < 1.29 is 27.9 Å². The van der Waals surface area contributed by atoms with E-state index >= 15 is 0 Å². The second-order valence-corrected chi connectivity index (χ2v) is 16.4. The number of para-hydroxylation sites is 1. The van der Waals surface area contributed by atoms with Crippen molar-refractivity contribution in [1.29, 1.82) is 0 Å². The molecule has 1 N–H and O–H groups in total. The van der Waals surface area contributed by atoms with Crippen molar-refractivity contribution in [3.63, 3.8) is 0 Å². The number of phenolic OH excluding ortho intramolecular Hbond substituents is 1. The molecule has 0 radical (unpaired) electrons. The third-order valence-corrected chi connectivity index (χ3v) is 12.6. The Hall–Kier alpha value is -6.50. The molecule has 2 aliphatic rings. The van der Waals surface area contributed by atoms with Crippen LogP contribution in [0.15, 0.2) is 157 Å². The Balaban J connectivity index is 1.23. The molecule has 0 saturated carbocycles. The van der Waals surface area contributed by atoms with Gasteiger partial charge in [0.1, 0.15) is 18.0 Å². The molecule has 58 heavy (non-hydrogen) atoms. The van der Waals surface area contributed by atoms with Crippen molar-refractivity contribution in [1.82, 2.24) is 23.8 Å². The smallest absolute Gasteiger partial charge is 0.268 e. The summed E-state index contributed by atoms with van der Waals surface area (Å²) in [6, 6.07) is 38.5. The second-order valence-electron chi connectivity index (χ2n) is 14.6. The lowest BCUT2D eigenvalue weighted by Gasteiger charge is -2.55. The van der Waals surface area contributed by atoms with Crippen LogP contribution < -0.4 is 0 Å². The van der Waals surface area contributed by atoms with Gasteiger partial charge in [0.05, 0.1) is 23.5 Å². The summed E-state index contributed by atoms with van der Waals surface area (Å²) < 4.78 is 30.2. The number of amides is 3. The van der Waals surface area contributed by atoms with Crippen LogP contribution in [0.1, 0.15) is 23.1 Å². The van der Waals surface area contributed by atoms with Crippen LogP contribution in [0.5, 0.6) is 5.75 Å². The first-order chi connectivity index (χ1) is 28.1. The second kappa shape index (κ2) is 16.2. The van der Waals surface area contributed by atoms with Crippen LogP contribution in [0.25, 0.3) is 22.0 Å². The molecule has 2 saturated heterocycles. The molecule has 6 aromatic rings. The van der Waals surface area contributed by atoms with E-state index in [1.807, 2.05) is 78.9 Å². The molecule has 8 rings (SSSR count). The number of hydrogen-bond donors (Lipinski definition) is 1. The van der Waals surface area contributed by atoms with E-state index in [9.17, 15) is 27.9 Å². The van der Waals surface area contributed by atoms with E-state index in [-0.39, 0.29) is 67.4 Å². The minimum atomic E-state index is -4.10. The van der Waals surface area contributed by atoms with Gasteiger partial charge in [-0.1, -0.05) is 115 Å². The number of benzene rings is 5. The Labute approximate surface area is 337 Å². The number of phenols is 1. The van der Waals surface area contributed by atoms with Crippen LogP contribution in [-0.4, -0.2) is 86.9 Å². The third kappa shape index (κ3) is 7.39. The predicted octanol–water partition coefficient (Wildman–Crippen LogP) is 6.24. The lowest BCUT2D eigenvalue weighted by atomic mass is 9.97. The van der Waals surface area contributed by atoms with Gasteiger partial charge in [0.15, 0.2) is 0 Å². The number of aryl methyl sites for hydroxylation is 1. The average molecular weight is 794 g/mol. The Bertz CT molecular complexity index is 2580. The SMILES string of the molecule is C=CCN1CC(=O)N2[C@@H](Cc3ccc(O)cc3)C(=O)N(Cc3cccc4c(-c5ccccc5)cn(S(=O)(=O)c5ccccc5)c34)C[C@@H]2N1C(=O)CCc1ccccc1. The summed E-state index contributed by atoms with van der Waals surface area (Å²) >= 11 is 0. The van der Waals surface area contributed by atoms with Gasteiger partial charge in [-0.05, 0) is 52.9 Å². The molecule has 0 spiro atoms. The number of hydrazine groups is 1. The molecule has 0 aliphatic carbocycles. The summed E-state index contributed by atoms with van der Waals surface area (Å²) in [5, 5.41) is 14.0. The number of rotatable bonds is 12. The summed E-state index contributed by atoms with van der Waals surface area (Å²) in [6.07, 6.45) is 3.21. The summed E-state index contributed by atoms with van der Waals surface area (Å²) in [5.74, 6) is -0.772. The van der Waals surface area contributed by atoms with Crippen molar-refractivity contribution in [3.05, 3.63) is 169 Å². The zero-order valence-corrected chi connectivity index (χ0v) is 32.6. The fourth-order valence-electron chi connectivity index (χ4n) is 8.17. The van der Waals surface area contributed by atoms with Gasteiger partial charge < -0.3 is 14.9 Å². The fraction of sp³-hybridized carbons (Fsp3) is 0.196. The molecule has 1 aromatic heterocycles. The van der Waals surface area contributed by atoms with Gasteiger partial charge in [0.25, 0.3) is 10.0 Å². The Morgan fingerprint density at radius 3 is 2.17 bits per heavy atom. The molecule has 11 nitrogen and oxygen atoms in total. The van der Waals surface area contributed by atoms with Gasteiger partial charge in [0, 0.05) is 43.1 Å². The van der Waals surface area contributed by atoms with E-state index in [0.29, 0.717) is 28.5 Å². The standard InChI is InChI=1S/C46H43N5O6S/c1-2-27-48-32-44(54)50-41(28-34-21-24-37(52)25-22-34)46(55)47(31-42(50)51(48)43(53)26-23-33-13-6-3-7-14-33)29-36-17-12-20-39-40(35-15-8-4-9-16-35)30-49(45(36)39)58(56,57)38-18-10-5-11-19-38/h2-22,24-25,30,41-42,52H,1,23,26-29,31-32H2/t41-,42-/m0/s1. The first-order valence-electron chi connectivity index (χ1n) is 19.2. The molecule has 2 fully saturated rings. The molecule has 3 heterocycles. The predicted molar refractivity (Wildman–Crippen MR) is 221 cm³/mol. The Morgan fingerprint density at radius 2 is 1.48 bits per heavy atom. The van der Waals surface area contributed by atoms with E-state index < -0.39 is 22.2 Å². The van der Waals surface area contributed by atoms with E-state index in [4.69, 9.17) is 0 Å². The molecule has 0 bridgehead atoms. The third-order valence-electron chi connectivity index (χ3n) is 10.9. The van der Waals surface area contributed by atoms with Gasteiger partial charge in [0.2, 0.25) is 17.7 Å². The number of carbonyl (C=O) groups is 3. The number of hydrogen-bond acceptors (Lipinski definition) is 7. The van der Waals surface area contributed by atoms with Crippen molar-refractivity contribution in [2.45, 2.75) is 42.9 Å². The Kier molecular flexibility index (Phi) is 10.7. The Morgan fingerprint density at radius 1 is 0.810 bits per heavy atom. The average Bonchev–Trinajstić information content (AvgIpc) is 3.65. The zero-order valence-electron chi connectivity index (χ0n) is 31.8. The van der Waals surface area contributed by atoms with Crippen LogP contribution in [0.2, 0.25) is 0 Å². The van der Waals surface area contributed by atoms with Crippen LogP contribution in [-0.2, 0) is 43.8 Å². The van der Waals surface area contributed by atoms with Gasteiger partial charge >= 0.3 is 0 Å². The van der Waals surface area contributed by atoms with Crippen LogP contribution in [0, 0.1) is 0 Å². The van der Waals surface area contributed by atoms with Gasteiger partial charge in [-0.2, -0.15) is 0 Å². The van der Waals surface area contributed by atoms with Crippen LogP contribution in [0.3, 0.4) is 0 Å². The van der Waals surface area contributed by atoms with Gasteiger partial charge in [-0.25, -0.2) is 22.4 Å². The maximum Gasteiger partial charge on any atom is 0.268 e. The topological polar surface area (TPSA) is 123 Å². The van der Waals surface area contributed by atoms with Crippen molar-refractivity contribution >= 4 is 38.6 Å². The molecular formula is C46H43N5O6S. The van der Waals surface area contributed by atoms with Crippen molar-refractivity contribution in [3.8, 4) is 16.9 Å². The number of fused-ring (bicyclic) bond motifs is 2. The first-order valence-corrected chi connectivity index (χ1v) is 20.7. The van der Waals surface area contributed by atoms with E-state index in [1.165, 1.54) is 16.1 Å². The molecular weight excluding hydrogens is 751 g/mol. The number of nitrogens with zero attached hydrogens (tertiary/aromatic N) is 5. The monoisotopic (exact) mass is 793 g/mol. The first kappa shape index (κ1) is 38.4. The quantitative estimate of drug-likeness (QED) is 0.146. The number of piperazine rings is 1. The maximum absolute atomic E-state index is 14.9. The molecule has 0 unspecified atom stereocenters. The van der Waals surface area contributed by atoms with Crippen molar-refractivity contribution in [2.75, 3.05) is 19.6 Å². The largest absolute Gasteiger partial charge is 0.508 e. The van der Waals surface area contributed by atoms with Gasteiger partial charge in [-0.3, -0.25) is 14.4 Å². The number of aromatic hydroxyl groups is 1. The maximum atomic E-state index is 14.9. The van der Waals surface area contributed by atoms with Crippen molar-refractivity contribution in [2.24, 2.45) is 0 Å². The molecule has 12 heteroatoms. The van der Waals surface area contributed by atoms with Crippen LogP contribution >= 0.6 is 0 Å². The van der Waals surface area contributed by atoms with E-state index in [0.717, 1.165) is 16.7 Å². The lowest BCUT2D eigenvalue weighted by molar-refractivity contribution is -0.205. The minimum Gasteiger partial charge on any atom is -0.508 e. The molecule has 3 amide bonds. The number of carbonyl (C=O) groups excluding carboxylic acids is 3. The molecule has 2 atom stereocenters. The molecule has 2 aliphatic heterocycles. The van der Waals surface area contributed by atoms with Crippen LogP contribution in [0.4, 0.5) is 0 Å². The van der Waals surface area contributed by atoms with E-state index in [1.54, 1.807) is 74.6 Å². The molecule has 294 valence electrons. The summed E-state index contributed by atoms with van der Waals surface area (Å²) in [6.45, 7) is 3.98. The summed E-state index contributed by atoms with van der Waals surface area (Å²) in [4.78, 5) is 46.7. The molecule has 5 aromatic carbocycles. The highest BCUT2D eigenvalue weighted by atomic mass is 32.2. The highest BCUT2D eigenvalue weighted by Gasteiger charge is 2.51. The van der Waals surface area contributed by atoms with Gasteiger partial charge in [-0.15, -0.1) is 6.58 Å². The summed E-state index contributed by atoms with van der Waals surface area (Å²) in [7, 11) is -4.10. The summed E-state index contributed by atoms with van der Waals surface area (Å²) in [5.41, 5.74) is 4.27. The lowest BCUT2D eigenvalue weighted by Crippen LogP contribution is -2.75. The highest BCUT2D eigenvalue weighted by molar-refractivity contribution is 7.90. The fourth-order valence-corrected chi connectivity index (χ4v) is 9.59. The zero-order chi connectivity index (χ0) is 40.4. The number of aromatic nitrogens is 1. The minimum absolute atomic E-state index is 0.00314. The van der Waals surface area contributed by atoms with E-state index in [2.05, 4.69) is 6.58 Å².